The van der Waals surface area contributed by atoms with Crippen molar-refractivity contribution in [3.63, 3.8) is 0 Å². The van der Waals surface area contributed by atoms with E-state index in [2.05, 4.69) is 12.2 Å². The molecule has 3 N–H and O–H groups in total. The van der Waals surface area contributed by atoms with Crippen LogP contribution in [0.25, 0.3) is 0 Å². The summed E-state index contributed by atoms with van der Waals surface area (Å²) in [5, 5.41) is 3.17. The standard InChI is InChI=1S/C10H20N2O/c1-7-3-4-9(5-7)6-12-8(2)10(11)13/h7-9,12H,3-6H2,1-2H3,(H2,11,13). The maximum absolute atomic E-state index is 10.7. The Labute approximate surface area is 80.1 Å². The van der Waals surface area contributed by atoms with Crippen molar-refractivity contribution in [2.75, 3.05) is 6.54 Å². The Bertz CT molecular complexity index is 182. The molecule has 3 heteroatoms. The van der Waals surface area contributed by atoms with Crippen LogP contribution in [-0.4, -0.2) is 18.5 Å². The number of nitrogens with one attached hydrogen (secondary N) is 1. The lowest BCUT2D eigenvalue weighted by Gasteiger charge is -2.14. The summed E-state index contributed by atoms with van der Waals surface area (Å²) in [6, 6.07) is -0.184. The monoisotopic (exact) mass is 184 g/mol. The van der Waals surface area contributed by atoms with Gasteiger partial charge in [0, 0.05) is 0 Å². The van der Waals surface area contributed by atoms with Crippen LogP contribution in [-0.2, 0) is 4.79 Å². The fourth-order valence-electron chi connectivity index (χ4n) is 1.95. The van der Waals surface area contributed by atoms with Crippen molar-refractivity contribution < 1.29 is 4.79 Å². The van der Waals surface area contributed by atoms with Crippen molar-refractivity contribution >= 4 is 5.91 Å². The molecule has 1 saturated carbocycles. The van der Waals surface area contributed by atoms with E-state index in [1.807, 2.05) is 6.92 Å². The molecule has 0 aromatic heterocycles. The lowest BCUT2D eigenvalue weighted by atomic mass is 10.1. The minimum atomic E-state index is -0.258. The number of carbonyl (C=O) groups is 1. The molecule has 1 aliphatic carbocycles. The van der Waals surface area contributed by atoms with Gasteiger partial charge in [-0.3, -0.25) is 4.79 Å². The van der Waals surface area contributed by atoms with E-state index in [-0.39, 0.29) is 11.9 Å². The maximum Gasteiger partial charge on any atom is 0.234 e. The maximum atomic E-state index is 10.7. The summed E-state index contributed by atoms with van der Waals surface area (Å²) in [7, 11) is 0. The highest BCUT2D eigenvalue weighted by atomic mass is 16.1. The van der Waals surface area contributed by atoms with Crippen LogP contribution in [0.5, 0.6) is 0 Å². The molecule has 0 saturated heterocycles. The topological polar surface area (TPSA) is 55.1 Å². The number of primary amides is 1. The zero-order valence-electron chi connectivity index (χ0n) is 8.55. The van der Waals surface area contributed by atoms with E-state index < -0.39 is 0 Å². The van der Waals surface area contributed by atoms with Crippen LogP contribution in [0, 0.1) is 11.8 Å². The molecule has 13 heavy (non-hydrogen) atoms. The van der Waals surface area contributed by atoms with Gasteiger partial charge in [-0.05, 0) is 38.1 Å². The van der Waals surface area contributed by atoms with E-state index in [4.69, 9.17) is 5.73 Å². The van der Waals surface area contributed by atoms with Gasteiger partial charge in [0.25, 0.3) is 0 Å². The van der Waals surface area contributed by atoms with E-state index in [1.165, 1.54) is 19.3 Å². The third-order valence-electron chi connectivity index (χ3n) is 2.94. The summed E-state index contributed by atoms with van der Waals surface area (Å²) in [5.74, 6) is 1.35. The molecule has 0 heterocycles. The first-order chi connectivity index (χ1) is 6.09. The first-order valence-corrected chi connectivity index (χ1v) is 5.12. The number of nitrogens with two attached hydrogens (primary N) is 1. The molecule has 1 amide bonds. The summed E-state index contributed by atoms with van der Waals surface area (Å²) >= 11 is 0. The number of amides is 1. The van der Waals surface area contributed by atoms with Crippen LogP contribution in [0.1, 0.15) is 33.1 Å². The molecule has 0 radical (unpaired) electrons. The van der Waals surface area contributed by atoms with Gasteiger partial charge in [-0.25, -0.2) is 0 Å². The largest absolute Gasteiger partial charge is 0.368 e. The summed E-state index contributed by atoms with van der Waals surface area (Å²) < 4.78 is 0. The molecule has 3 nitrogen and oxygen atoms in total. The fourth-order valence-corrected chi connectivity index (χ4v) is 1.95. The number of rotatable bonds is 4. The third kappa shape index (κ3) is 3.35. The van der Waals surface area contributed by atoms with Gasteiger partial charge in [0.15, 0.2) is 0 Å². The van der Waals surface area contributed by atoms with Crippen LogP contribution < -0.4 is 11.1 Å². The molecule has 1 rings (SSSR count). The van der Waals surface area contributed by atoms with Crippen LogP contribution >= 0.6 is 0 Å². The van der Waals surface area contributed by atoms with Crippen molar-refractivity contribution in [1.82, 2.24) is 5.32 Å². The highest BCUT2D eigenvalue weighted by Gasteiger charge is 2.21. The lowest BCUT2D eigenvalue weighted by Crippen LogP contribution is -2.40. The van der Waals surface area contributed by atoms with E-state index in [0.717, 1.165) is 18.4 Å². The number of carbonyl (C=O) groups excluding carboxylic acids is 1. The average Bonchev–Trinajstić information content (AvgIpc) is 2.47. The average molecular weight is 184 g/mol. The predicted molar refractivity (Wildman–Crippen MR) is 53.2 cm³/mol. The zero-order chi connectivity index (χ0) is 9.84. The molecule has 1 fully saturated rings. The molecule has 0 aromatic carbocycles. The Kier molecular flexibility index (Phi) is 3.72. The SMILES string of the molecule is CC1CCC(CNC(C)C(N)=O)C1. The van der Waals surface area contributed by atoms with Crippen molar-refractivity contribution in [2.45, 2.75) is 39.2 Å². The van der Waals surface area contributed by atoms with Gasteiger partial charge in [0.1, 0.15) is 0 Å². The number of hydrogen-bond acceptors (Lipinski definition) is 2. The molecule has 1 aliphatic rings. The molecule has 0 aromatic rings. The molecule has 76 valence electrons. The van der Waals surface area contributed by atoms with Crippen LogP contribution in [0.2, 0.25) is 0 Å². The predicted octanol–water partition coefficient (Wildman–Crippen LogP) is 0.886. The van der Waals surface area contributed by atoms with Gasteiger partial charge < -0.3 is 11.1 Å². The first-order valence-electron chi connectivity index (χ1n) is 5.12. The van der Waals surface area contributed by atoms with Gasteiger partial charge >= 0.3 is 0 Å². The smallest absolute Gasteiger partial charge is 0.234 e. The van der Waals surface area contributed by atoms with Crippen molar-refractivity contribution in [2.24, 2.45) is 17.6 Å². The molecule has 0 bridgehead atoms. The summed E-state index contributed by atoms with van der Waals surface area (Å²) in [6.07, 6.45) is 3.91. The third-order valence-corrected chi connectivity index (χ3v) is 2.94. The van der Waals surface area contributed by atoms with E-state index in [0.29, 0.717) is 0 Å². The second-order valence-electron chi connectivity index (χ2n) is 4.32. The lowest BCUT2D eigenvalue weighted by molar-refractivity contribution is -0.119. The second-order valence-corrected chi connectivity index (χ2v) is 4.32. The normalized spacial score (nSPS) is 30.3. The first kappa shape index (κ1) is 10.5. The summed E-state index contributed by atoms with van der Waals surface area (Å²) in [6.45, 7) is 5.05. The van der Waals surface area contributed by atoms with Gasteiger partial charge in [0.05, 0.1) is 6.04 Å². The molecule has 3 atom stereocenters. The zero-order valence-corrected chi connectivity index (χ0v) is 8.55. The minimum absolute atomic E-state index is 0.184. The van der Waals surface area contributed by atoms with Crippen LogP contribution in [0.4, 0.5) is 0 Å². The fraction of sp³-hybridized carbons (Fsp3) is 0.900. The van der Waals surface area contributed by atoms with Gasteiger partial charge in [-0.2, -0.15) is 0 Å². The van der Waals surface area contributed by atoms with Crippen molar-refractivity contribution in [3.8, 4) is 0 Å². The summed E-state index contributed by atoms with van der Waals surface area (Å²) in [4.78, 5) is 10.7. The van der Waals surface area contributed by atoms with Gasteiger partial charge in [-0.1, -0.05) is 13.3 Å². The molecule has 0 aliphatic heterocycles. The van der Waals surface area contributed by atoms with E-state index in [1.54, 1.807) is 0 Å². The highest BCUT2D eigenvalue weighted by molar-refractivity contribution is 5.79. The highest BCUT2D eigenvalue weighted by Crippen LogP contribution is 2.29. The van der Waals surface area contributed by atoms with E-state index >= 15 is 0 Å². The van der Waals surface area contributed by atoms with Gasteiger partial charge in [0.2, 0.25) is 5.91 Å². The molecular formula is C10H20N2O. The van der Waals surface area contributed by atoms with Crippen LogP contribution in [0.15, 0.2) is 0 Å². The Balaban J connectivity index is 2.16. The van der Waals surface area contributed by atoms with Crippen LogP contribution in [0.3, 0.4) is 0 Å². The van der Waals surface area contributed by atoms with Crippen molar-refractivity contribution in [3.05, 3.63) is 0 Å². The Morgan fingerprint density at radius 3 is 2.77 bits per heavy atom. The Morgan fingerprint density at radius 2 is 2.31 bits per heavy atom. The summed E-state index contributed by atoms with van der Waals surface area (Å²) in [5.41, 5.74) is 5.15. The minimum Gasteiger partial charge on any atom is -0.368 e. The quantitative estimate of drug-likeness (QED) is 0.681. The number of hydrogen-bond donors (Lipinski definition) is 2. The van der Waals surface area contributed by atoms with E-state index in [9.17, 15) is 4.79 Å². The molecular weight excluding hydrogens is 164 g/mol. The Hall–Kier alpha value is -0.570. The second kappa shape index (κ2) is 4.61. The molecule has 0 spiro atoms. The van der Waals surface area contributed by atoms with Gasteiger partial charge in [-0.15, -0.1) is 0 Å². The molecule has 3 unspecified atom stereocenters. The van der Waals surface area contributed by atoms with Crippen molar-refractivity contribution in [1.29, 1.82) is 0 Å². The Morgan fingerprint density at radius 1 is 1.62 bits per heavy atom.